The zero-order valence-electron chi connectivity index (χ0n) is 12.1. The van der Waals surface area contributed by atoms with Crippen LogP contribution in [0, 0.1) is 6.92 Å². The molecule has 1 aliphatic rings. The SMILES string of the molecule is Cc1sc(CO)cc1S(=O)(=O)NCC1(N(C)C)CCC1. The first-order valence-electron chi connectivity index (χ1n) is 6.68. The van der Waals surface area contributed by atoms with Crippen molar-refractivity contribution >= 4 is 21.4 Å². The summed E-state index contributed by atoms with van der Waals surface area (Å²) in [4.78, 5) is 3.79. The Labute approximate surface area is 124 Å². The maximum absolute atomic E-state index is 12.4. The molecule has 1 saturated carbocycles. The van der Waals surface area contributed by atoms with E-state index in [0.717, 1.165) is 19.3 Å². The van der Waals surface area contributed by atoms with Crippen LogP contribution >= 0.6 is 11.3 Å². The van der Waals surface area contributed by atoms with Gasteiger partial charge in [-0.3, -0.25) is 0 Å². The molecule has 0 aromatic carbocycles. The van der Waals surface area contributed by atoms with Crippen LogP contribution in [-0.2, 0) is 16.6 Å². The summed E-state index contributed by atoms with van der Waals surface area (Å²) >= 11 is 1.32. The molecule has 2 rings (SSSR count). The molecule has 0 aliphatic heterocycles. The fourth-order valence-corrected chi connectivity index (χ4v) is 5.16. The molecule has 0 radical (unpaired) electrons. The Hall–Kier alpha value is -0.470. The van der Waals surface area contributed by atoms with Gasteiger partial charge in [-0.05, 0) is 46.3 Å². The van der Waals surface area contributed by atoms with Crippen LogP contribution < -0.4 is 4.72 Å². The number of likely N-dealkylation sites (N-methyl/N-ethyl adjacent to an activating group) is 1. The van der Waals surface area contributed by atoms with Crippen LogP contribution in [0.25, 0.3) is 0 Å². The van der Waals surface area contributed by atoms with Crippen molar-refractivity contribution in [2.75, 3.05) is 20.6 Å². The molecule has 5 nitrogen and oxygen atoms in total. The number of hydrogen-bond acceptors (Lipinski definition) is 5. The minimum absolute atomic E-state index is 0.0448. The minimum Gasteiger partial charge on any atom is -0.391 e. The number of rotatable bonds is 6. The first-order chi connectivity index (χ1) is 9.31. The standard InChI is InChI=1S/C13H22N2O3S2/c1-10-12(7-11(8-16)19-10)20(17,18)14-9-13(15(2)3)5-4-6-13/h7,14,16H,4-6,8-9H2,1-3H3. The Morgan fingerprint density at radius 3 is 2.50 bits per heavy atom. The second-order valence-electron chi connectivity index (χ2n) is 5.59. The fourth-order valence-electron chi connectivity index (χ4n) is 2.54. The molecule has 114 valence electrons. The summed E-state index contributed by atoms with van der Waals surface area (Å²) in [6.45, 7) is 2.08. The Morgan fingerprint density at radius 1 is 1.45 bits per heavy atom. The highest BCUT2D eigenvalue weighted by molar-refractivity contribution is 7.89. The average Bonchev–Trinajstić information content (AvgIpc) is 2.69. The van der Waals surface area contributed by atoms with Gasteiger partial charge in [0.05, 0.1) is 11.5 Å². The number of aliphatic hydroxyl groups is 1. The maximum Gasteiger partial charge on any atom is 0.241 e. The Kier molecular flexibility index (Phi) is 4.56. The van der Waals surface area contributed by atoms with Gasteiger partial charge < -0.3 is 10.0 Å². The zero-order chi connectivity index (χ0) is 15.0. The Bertz CT molecular complexity index is 574. The van der Waals surface area contributed by atoms with E-state index < -0.39 is 10.0 Å². The lowest BCUT2D eigenvalue weighted by Crippen LogP contribution is -2.57. The molecule has 2 N–H and O–H groups in total. The van der Waals surface area contributed by atoms with E-state index in [1.807, 2.05) is 14.1 Å². The molecule has 1 fully saturated rings. The first-order valence-corrected chi connectivity index (χ1v) is 8.98. The molecular formula is C13H22N2O3S2. The molecule has 1 aromatic rings. The van der Waals surface area contributed by atoms with Crippen molar-refractivity contribution in [3.63, 3.8) is 0 Å². The summed E-state index contributed by atoms with van der Waals surface area (Å²) < 4.78 is 27.5. The van der Waals surface area contributed by atoms with Crippen LogP contribution in [0.5, 0.6) is 0 Å². The average molecular weight is 318 g/mol. The smallest absolute Gasteiger partial charge is 0.241 e. The summed E-state index contributed by atoms with van der Waals surface area (Å²) in [7, 11) is 0.486. The van der Waals surface area contributed by atoms with E-state index in [2.05, 4.69) is 9.62 Å². The van der Waals surface area contributed by atoms with Gasteiger partial charge in [0.25, 0.3) is 0 Å². The second kappa shape index (κ2) is 5.73. The number of nitrogens with one attached hydrogen (secondary N) is 1. The molecular weight excluding hydrogens is 296 g/mol. The van der Waals surface area contributed by atoms with E-state index in [4.69, 9.17) is 5.11 Å². The van der Waals surface area contributed by atoms with Gasteiger partial charge in [0.15, 0.2) is 0 Å². The lowest BCUT2D eigenvalue weighted by Gasteiger charge is -2.47. The van der Waals surface area contributed by atoms with Crippen molar-refractivity contribution in [3.05, 3.63) is 15.8 Å². The van der Waals surface area contributed by atoms with E-state index in [9.17, 15) is 8.42 Å². The molecule has 0 saturated heterocycles. The van der Waals surface area contributed by atoms with E-state index >= 15 is 0 Å². The molecule has 0 unspecified atom stereocenters. The lowest BCUT2D eigenvalue weighted by molar-refractivity contribution is 0.0657. The largest absolute Gasteiger partial charge is 0.391 e. The van der Waals surface area contributed by atoms with Gasteiger partial charge in [0, 0.05) is 21.8 Å². The van der Waals surface area contributed by atoms with E-state index in [-0.39, 0.29) is 12.1 Å². The number of hydrogen-bond donors (Lipinski definition) is 2. The van der Waals surface area contributed by atoms with Crippen molar-refractivity contribution in [1.82, 2.24) is 9.62 Å². The lowest BCUT2D eigenvalue weighted by atomic mass is 9.76. The molecule has 1 heterocycles. The monoisotopic (exact) mass is 318 g/mol. The molecule has 20 heavy (non-hydrogen) atoms. The number of aliphatic hydroxyl groups excluding tert-OH is 1. The number of sulfonamides is 1. The van der Waals surface area contributed by atoms with Crippen molar-refractivity contribution in [2.24, 2.45) is 0 Å². The van der Waals surface area contributed by atoms with Gasteiger partial charge in [-0.15, -0.1) is 11.3 Å². The topological polar surface area (TPSA) is 69.6 Å². The zero-order valence-corrected chi connectivity index (χ0v) is 13.8. The second-order valence-corrected chi connectivity index (χ2v) is 8.66. The summed E-state index contributed by atoms with van der Waals surface area (Å²) in [5, 5.41) is 9.11. The van der Waals surface area contributed by atoms with E-state index in [1.165, 1.54) is 11.3 Å². The highest BCUT2D eigenvalue weighted by Crippen LogP contribution is 2.36. The predicted molar refractivity (Wildman–Crippen MR) is 80.4 cm³/mol. The van der Waals surface area contributed by atoms with Crippen LogP contribution in [0.2, 0.25) is 0 Å². The van der Waals surface area contributed by atoms with Crippen LogP contribution in [0.3, 0.4) is 0 Å². The summed E-state index contributed by atoms with van der Waals surface area (Å²) in [6, 6.07) is 1.56. The van der Waals surface area contributed by atoms with Crippen molar-refractivity contribution in [1.29, 1.82) is 0 Å². The van der Waals surface area contributed by atoms with Crippen molar-refractivity contribution in [3.8, 4) is 0 Å². The third-order valence-electron chi connectivity index (χ3n) is 4.19. The molecule has 1 aromatic heterocycles. The fraction of sp³-hybridized carbons (Fsp3) is 0.692. The summed E-state index contributed by atoms with van der Waals surface area (Å²) in [5.74, 6) is 0. The Balaban J connectivity index is 2.13. The van der Waals surface area contributed by atoms with Gasteiger partial charge in [0.1, 0.15) is 0 Å². The normalized spacial score (nSPS) is 18.2. The third kappa shape index (κ3) is 2.92. The Morgan fingerprint density at radius 2 is 2.10 bits per heavy atom. The predicted octanol–water partition coefficient (Wildman–Crippen LogP) is 1.31. The van der Waals surface area contributed by atoms with Gasteiger partial charge >= 0.3 is 0 Å². The summed E-state index contributed by atoms with van der Waals surface area (Å²) in [5.41, 5.74) is -0.0448. The molecule has 7 heteroatoms. The molecule has 0 spiro atoms. The molecule has 0 atom stereocenters. The van der Waals surface area contributed by atoms with Crippen LogP contribution in [0.4, 0.5) is 0 Å². The highest BCUT2D eigenvalue weighted by atomic mass is 32.2. The van der Waals surface area contributed by atoms with Gasteiger partial charge in [-0.1, -0.05) is 0 Å². The van der Waals surface area contributed by atoms with Crippen LogP contribution in [-0.4, -0.2) is 44.6 Å². The number of thiophene rings is 1. The van der Waals surface area contributed by atoms with Gasteiger partial charge in [0.2, 0.25) is 10.0 Å². The van der Waals surface area contributed by atoms with Gasteiger partial charge in [-0.2, -0.15) is 0 Å². The first kappa shape index (κ1) is 15.9. The van der Waals surface area contributed by atoms with Crippen LogP contribution in [0.1, 0.15) is 29.0 Å². The quantitative estimate of drug-likeness (QED) is 0.830. The minimum atomic E-state index is -3.50. The number of nitrogens with zero attached hydrogens (tertiary/aromatic N) is 1. The molecule has 1 aliphatic carbocycles. The maximum atomic E-state index is 12.4. The summed E-state index contributed by atoms with van der Waals surface area (Å²) in [6.07, 6.45) is 3.19. The molecule has 0 bridgehead atoms. The van der Waals surface area contributed by atoms with Crippen molar-refractivity contribution in [2.45, 2.75) is 43.2 Å². The number of aryl methyl sites for hydroxylation is 1. The third-order valence-corrected chi connectivity index (χ3v) is 6.88. The highest BCUT2D eigenvalue weighted by Gasteiger charge is 2.40. The van der Waals surface area contributed by atoms with Gasteiger partial charge in [-0.25, -0.2) is 13.1 Å². The van der Waals surface area contributed by atoms with Crippen molar-refractivity contribution < 1.29 is 13.5 Å². The molecule has 0 amide bonds. The van der Waals surface area contributed by atoms with E-state index in [1.54, 1.807) is 13.0 Å². The van der Waals surface area contributed by atoms with E-state index in [0.29, 0.717) is 21.2 Å². The van der Waals surface area contributed by atoms with Crippen LogP contribution in [0.15, 0.2) is 11.0 Å².